The highest BCUT2D eigenvalue weighted by Crippen LogP contribution is 2.58. The molecule has 2 aliphatic heterocycles. The minimum atomic E-state index is -5.84. The number of fused-ring (bicyclic) bond motifs is 5. The molecule has 0 spiro atoms. The highest BCUT2D eigenvalue weighted by molar-refractivity contribution is 6.34. The molecule has 10 aromatic rings. The molecule has 3 aliphatic rings. The fourth-order valence-corrected chi connectivity index (χ4v) is 12.0. The van der Waals surface area contributed by atoms with Crippen molar-refractivity contribution in [1.29, 1.82) is 0 Å². The number of alkyl halides is 6. The lowest BCUT2D eigenvalue weighted by atomic mass is 9.68. The topological polar surface area (TPSA) is 115 Å². The third-order valence-corrected chi connectivity index (χ3v) is 16.3. The largest absolute Gasteiger partial charge is 0.457 e. The quantitative estimate of drug-likeness (QED) is 0.0775. The van der Waals surface area contributed by atoms with Crippen molar-refractivity contribution in [2.24, 2.45) is 0 Å². The van der Waals surface area contributed by atoms with Crippen LogP contribution in [0.25, 0.3) is 11.1 Å². The molecule has 17 heteroatoms. The van der Waals surface area contributed by atoms with E-state index in [-0.39, 0.29) is 51.3 Å². The molecule has 0 atom stereocenters. The highest BCUT2D eigenvalue weighted by Gasteiger charge is 2.72. The summed E-state index contributed by atoms with van der Waals surface area (Å²) in [6, 6.07) is 60.7. The molecule has 13 rings (SSSR count). The molecule has 4 amide bonds. The number of anilines is 2. The van der Waals surface area contributed by atoms with Crippen LogP contribution in [0, 0.1) is 0 Å². The van der Waals surface area contributed by atoms with E-state index in [9.17, 15) is 19.2 Å². The van der Waals surface area contributed by atoms with Crippen molar-refractivity contribution in [3.63, 3.8) is 0 Å². The van der Waals surface area contributed by atoms with Gasteiger partial charge in [0, 0.05) is 26.8 Å². The van der Waals surface area contributed by atoms with E-state index in [1.165, 1.54) is 43.4 Å². The Hall–Kier alpha value is -10.9. The number of hydrogen-bond donors (Lipinski definition) is 0. The summed E-state index contributed by atoms with van der Waals surface area (Å²) < 4.78 is 115. The molecule has 1 aliphatic carbocycles. The van der Waals surface area contributed by atoms with Gasteiger partial charge in [-0.2, -0.15) is 26.3 Å². The number of halogens is 6. The Kier molecular flexibility index (Phi) is 13.6. The molecule has 88 heavy (non-hydrogen) atoms. The number of rotatable bonds is 14. The van der Waals surface area contributed by atoms with Crippen LogP contribution in [0.2, 0.25) is 0 Å². The third kappa shape index (κ3) is 9.24. The van der Waals surface area contributed by atoms with Crippen LogP contribution in [-0.4, -0.2) is 62.0 Å². The Morgan fingerprint density at radius 3 is 1.11 bits per heavy atom. The molecule has 0 N–H and O–H groups in total. The summed E-state index contributed by atoms with van der Waals surface area (Å²) in [7, 11) is 5.11. The zero-order valence-corrected chi connectivity index (χ0v) is 46.8. The van der Waals surface area contributed by atoms with E-state index in [4.69, 9.17) is 18.9 Å². The Balaban J connectivity index is 0.708. The predicted octanol–water partition coefficient (Wildman–Crippen LogP) is 16.7. The van der Waals surface area contributed by atoms with E-state index in [2.05, 4.69) is 24.3 Å². The molecule has 0 bridgehead atoms. The van der Waals surface area contributed by atoms with E-state index < -0.39 is 52.0 Å². The molecule has 11 nitrogen and oxygen atoms in total. The maximum Gasteiger partial charge on any atom is 0.411 e. The number of hydrogen-bond acceptors (Lipinski definition) is 9. The predicted molar refractivity (Wildman–Crippen MR) is 317 cm³/mol. The first kappa shape index (κ1) is 56.2. The zero-order chi connectivity index (χ0) is 61.4. The maximum absolute atomic E-state index is 15.1. The Morgan fingerprint density at radius 2 is 0.693 bits per heavy atom. The van der Waals surface area contributed by atoms with Crippen LogP contribution >= 0.6 is 0 Å². The number of carbonyl (C=O) groups excluding carboxylic acids is 4. The van der Waals surface area contributed by atoms with Crippen LogP contribution in [0.5, 0.6) is 46.0 Å². The number of amides is 4. The smallest absolute Gasteiger partial charge is 0.411 e. The number of imide groups is 2. The minimum Gasteiger partial charge on any atom is -0.457 e. The summed E-state index contributed by atoms with van der Waals surface area (Å²) in [5, 5.41) is 0. The van der Waals surface area contributed by atoms with Crippen LogP contribution in [0.3, 0.4) is 0 Å². The molecule has 0 saturated carbocycles. The van der Waals surface area contributed by atoms with Gasteiger partial charge >= 0.3 is 12.4 Å². The second-order valence-corrected chi connectivity index (χ2v) is 21.5. The number of ether oxygens (including phenoxy) is 4. The summed E-state index contributed by atoms with van der Waals surface area (Å²) in [6.45, 7) is 0. The number of nitrogens with zero attached hydrogens (tertiary/aromatic N) is 3. The van der Waals surface area contributed by atoms with Gasteiger partial charge < -0.3 is 23.8 Å². The lowest BCUT2D eigenvalue weighted by Crippen LogP contribution is -2.54. The van der Waals surface area contributed by atoms with Crippen molar-refractivity contribution in [3.05, 3.63) is 286 Å². The summed E-state index contributed by atoms with van der Waals surface area (Å²) in [5.74, 6) is 0.0330. The molecular formula is C71H47F6N3O8. The molecule has 2 heterocycles. The van der Waals surface area contributed by atoms with Gasteiger partial charge in [-0.15, -0.1) is 0 Å². The van der Waals surface area contributed by atoms with Crippen molar-refractivity contribution < 1.29 is 64.5 Å². The standard InChI is InChI=1S/C71H47F6N3O8/c1-78(2)46-20-32-52(33-21-46)85-48-28-16-44(17-29-48)69(70(72,73)74,71(75,76)77)45-18-30-49(31-19-45)86-53-34-22-47(23-35-53)80-66(83)59-39-37-55(41-61(59)67(80)84)88-51-26-14-43(15-27-51)68(62-10-6-4-8-56(62)57-9-5-7-11-63(57)68)42-12-24-50(25-13-42)87-54-36-38-58-60(40-54)65(82)79(3)64(58)81/h4-41H,1-3H3. The first-order chi connectivity index (χ1) is 42.2. The van der Waals surface area contributed by atoms with Crippen LogP contribution < -0.4 is 28.7 Å². The first-order valence-electron chi connectivity index (χ1n) is 27.6. The first-order valence-corrected chi connectivity index (χ1v) is 27.6. The third-order valence-electron chi connectivity index (χ3n) is 16.3. The molecule has 0 unspecified atom stereocenters. The van der Waals surface area contributed by atoms with E-state index in [0.29, 0.717) is 40.7 Å². The fourth-order valence-electron chi connectivity index (χ4n) is 12.0. The van der Waals surface area contributed by atoms with Gasteiger partial charge in [0.1, 0.15) is 46.0 Å². The normalized spacial score (nSPS) is 14.1. The number of carbonyl (C=O) groups is 4. The minimum absolute atomic E-state index is 0.0303. The van der Waals surface area contributed by atoms with E-state index >= 15 is 26.3 Å². The van der Waals surface area contributed by atoms with Crippen LogP contribution in [0.1, 0.15) is 74.8 Å². The van der Waals surface area contributed by atoms with Crippen molar-refractivity contribution in [2.45, 2.75) is 23.2 Å². The average molecular weight is 1180 g/mol. The van der Waals surface area contributed by atoms with Gasteiger partial charge in [-0.3, -0.25) is 24.1 Å². The molecule has 436 valence electrons. The average Bonchev–Trinajstić information content (AvgIpc) is 1.42. The van der Waals surface area contributed by atoms with Crippen LogP contribution in [0.4, 0.5) is 37.7 Å². The Bertz CT molecular complexity index is 4360. The van der Waals surface area contributed by atoms with Crippen LogP contribution in [0.15, 0.2) is 231 Å². The number of benzene rings is 10. The van der Waals surface area contributed by atoms with Gasteiger partial charge in [0.15, 0.2) is 0 Å². The summed E-state index contributed by atoms with van der Waals surface area (Å²) in [4.78, 5) is 57.0. The molecular weight excluding hydrogens is 1140 g/mol. The van der Waals surface area contributed by atoms with Crippen LogP contribution in [-0.2, 0) is 10.8 Å². The van der Waals surface area contributed by atoms with Crippen molar-refractivity contribution >= 4 is 35.0 Å². The second-order valence-electron chi connectivity index (χ2n) is 21.5. The lowest BCUT2D eigenvalue weighted by Gasteiger charge is -2.38. The summed E-state index contributed by atoms with van der Waals surface area (Å²) in [6.07, 6.45) is -11.7. The van der Waals surface area contributed by atoms with E-state index in [1.54, 1.807) is 48.5 Å². The van der Waals surface area contributed by atoms with Gasteiger partial charge in [-0.05, 0) is 178 Å². The molecule has 0 fully saturated rings. The molecule has 0 radical (unpaired) electrons. The maximum atomic E-state index is 15.1. The SMILES string of the molecule is CN1C(=O)c2ccc(Oc3ccc(C4(c5ccc(Oc6ccc7c(c6)C(=O)N(c6ccc(Oc8ccc(C(c9ccc(Oc%10ccc(N(C)C)cc%10)cc9)(C(F)(F)F)C(F)(F)F)cc8)cc6)C7=O)cc5)c5ccccc5-c5ccccc54)cc3)cc2C1=O. The molecule has 10 aromatic carbocycles. The van der Waals surface area contributed by atoms with Gasteiger partial charge in [0.05, 0.1) is 33.4 Å². The lowest BCUT2D eigenvalue weighted by molar-refractivity contribution is -0.288. The Labute approximate surface area is 499 Å². The zero-order valence-electron chi connectivity index (χ0n) is 46.8. The van der Waals surface area contributed by atoms with Gasteiger partial charge in [-0.25, -0.2) is 4.90 Å². The Morgan fingerprint density at radius 1 is 0.364 bits per heavy atom. The van der Waals surface area contributed by atoms with E-state index in [1.807, 2.05) is 91.8 Å². The highest BCUT2D eigenvalue weighted by atomic mass is 19.4. The van der Waals surface area contributed by atoms with Crippen molar-refractivity contribution in [2.75, 3.05) is 30.9 Å². The monoisotopic (exact) mass is 1180 g/mol. The van der Waals surface area contributed by atoms with Crippen molar-refractivity contribution in [3.8, 4) is 57.1 Å². The van der Waals surface area contributed by atoms with Gasteiger partial charge in [-0.1, -0.05) is 97.1 Å². The summed E-state index contributed by atoms with van der Waals surface area (Å²) in [5.41, 5.74) is 0.587. The summed E-state index contributed by atoms with van der Waals surface area (Å²) >= 11 is 0. The van der Waals surface area contributed by atoms with E-state index in [0.717, 1.165) is 85.3 Å². The fraction of sp³-hybridized carbons (Fsp3) is 0.0986. The van der Waals surface area contributed by atoms with Crippen molar-refractivity contribution in [1.82, 2.24) is 4.90 Å². The van der Waals surface area contributed by atoms with Gasteiger partial charge in [0.2, 0.25) is 5.41 Å². The second kappa shape index (κ2) is 21.2. The molecule has 0 saturated heterocycles. The molecule has 0 aromatic heterocycles. The van der Waals surface area contributed by atoms with Gasteiger partial charge in [0.25, 0.3) is 23.6 Å².